The van der Waals surface area contributed by atoms with E-state index >= 15 is 0 Å². The van der Waals surface area contributed by atoms with Crippen molar-refractivity contribution < 1.29 is 22.7 Å². The van der Waals surface area contributed by atoms with Crippen molar-refractivity contribution in [2.45, 2.75) is 13.1 Å². The lowest BCUT2D eigenvalue weighted by atomic mass is 10.0. The van der Waals surface area contributed by atoms with Crippen molar-refractivity contribution in [3.8, 4) is 16.8 Å². The molecule has 0 saturated carbocycles. The summed E-state index contributed by atoms with van der Waals surface area (Å²) in [4.78, 5) is 12.1. The molecule has 0 atom stereocenters. The fourth-order valence-electron chi connectivity index (χ4n) is 3.46. The van der Waals surface area contributed by atoms with E-state index in [2.05, 4.69) is 0 Å². The zero-order chi connectivity index (χ0) is 21.3. The molecule has 0 aliphatic heterocycles. The van der Waals surface area contributed by atoms with Gasteiger partial charge in [0.15, 0.2) is 0 Å². The van der Waals surface area contributed by atoms with Crippen LogP contribution in [0.5, 0.6) is 0 Å². The van der Waals surface area contributed by atoms with Gasteiger partial charge in [0.2, 0.25) is 0 Å². The molecule has 0 unspecified atom stereocenters. The van der Waals surface area contributed by atoms with Gasteiger partial charge < -0.3 is 9.30 Å². The Morgan fingerprint density at radius 3 is 2.43 bits per heavy atom. The quantitative estimate of drug-likeness (QED) is 0.361. The number of rotatable bonds is 4. The van der Waals surface area contributed by atoms with Crippen molar-refractivity contribution in [1.82, 2.24) is 4.57 Å². The van der Waals surface area contributed by atoms with Crippen LogP contribution in [0, 0.1) is 0 Å². The van der Waals surface area contributed by atoms with Gasteiger partial charge in [-0.05, 0) is 48.9 Å². The van der Waals surface area contributed by atoms with Gasteiger partial charge in [-0.25, -0.2) is 4.79 Å². The Bertz CT molecular complexity index is 1210. The molecule has 0 radical (unpaired) electrons. The van der Waals surface area contributed by atoms with Gasteiger partial charge in [-0.1, -0.05) is 36.4 Å². The summed E-state index contributed by atoms with van der Waals surface area (Å²) >= 11 is 0. The molecule has 0 saturated heterocycles. The maximum Gasteiger partial charge on any atom is 0.416 e. The van der Waals surface area contributed by atoms with Crippen LogP contribution in [-0.4, -0.2) is 17.1 Å². The summed E-state index contributed by atoms with van der Waals surface area (Å²) in [5.74, 6) is -0.446. The summed E-state index contributed by atoms with van der Waals surface area (Å²) in [6.07, 6.45) is -2.64. The summed E-state index contributed by atoms with van der Waals surface area (Å²) in [5.41, 5.74) is 2.44. The number of esters is 1. The second kappa shape index (κ2) is 7.71. The number of halogens is 3. The first-order chi connectivity index (χ1) is 14.4. The molecule has 4 rings (SSSR count). The fourth-order valence-corrected chi connectivity index (χ4v) is 3.46. The molecule has 0 amide bonds. The van der Waals surface area contributed by atoms with Crippen molar-refractivity contribution in [2.24, 2.45) is 0 Å². The Morgan fingerprint density at radius 2 is 1.73 bits per heavy atom. The van der Waals surface area contributed by atoms with Crippen LogP contribution in [0.2, 0.25) is 0 Å². The molecular formula is C24H18F3NO2. The van der Waals surface area contributed by atoms with E-state index in [-0.39, 0.29) is 6.61 Å². The lowest BCUT2D eigenvalue weighted by molar-refractivity contribution is -0.137. The molecule has 1 aromatic heterocycles. The number of hydrogen-bond acceptors (Lipinski definition) is 2. The molecule has 152 valence electrons. The SMILES string of the molecule is CCOC(=O)c1cccc(-n2cc(-c3ccccc3)c3cc(C(F)(F)F)ccc32)c1. The molecule has 3 nitrogen and oxygen atoms in total. The minimum atomic E-state index is -4.44. The number of aromatic nitrogens is 1. The van der Waals surface area contributed by atoms with Crippen molar-refractivity contribution >= 4 is 16.9 Å². The van der Waals surface area contributed by atoms with E-state index in [0.717, 1.165) is 11.6 Å². The van der Waals surface area contributed by atoms with E-state index in [1.165, 1.54) is 12.1 Å². The average molecular weight is 409 g/mol. The van der Waals surface area contributed by atoms with E-state index in [1.54, 1.807) is 42.0 Å². The third-order valence-electron chi connectivity index (χ3n) is 4.85. The van der Waals surface area contributed by atoms with Crippen LogP contribution in [0.15, 0.2) is 79.0 Å². The van der Waals surface area contributed by atoms with Crippen molar-refractivity contribution in [3.05, 3.63) is 90.1 Å². The number of carbonyl (C=O) groups is 1. The Hall–Kier alpha value is -3.54. The highest BCUT2D eigenvalue weighted by molar-refractivity contribution is 5.98. The van der Waals surface area contributed by atoms with Gasteiger partial charge in [0.1, 0.15) is 0 Å². The Labute approximate surface area is 171 Å². The maximum absolute atomic E-state index is 13.3. The molecule has 0 fully saturated rings. The van der Waals surface area contributed by atoms with Crippen molar-refractivity contribution in [3.63, 3.8) is 0 Å². The summed E-state index contributed by atoms with van der Waals surface area (Å²) < 4.78 is 46.9. The highest BCUT2D eigenvalue weighted by Gasteiger charge is 2.31. The fraction of sp³-hybridized carbons (Fsp3) is 0.125. The molecular weight excluding hydrogens is 391 g/mol. The van der Waals surface area contributed by atoms with E-state index < -0.39 is 17.7 Å². The van der Waals surface area contributed by atoms with Crippen LogP contribution in [0.25, 0.3) is 27.7 Å². The van der Waals surface area contributed by atoms with Crippen molar-refractivity contribution in [1.29, 1.82) is 0 Å². The first-order valence-electron chi connectivity index (χ1n) is 9.44. The Morgan fingerprint density at radius 1 is 0.967 bits per heavy atom. The molecule has 4 aromatic rings. The van der Waals surface area contributed by atoms with Gasteiger partial charge in [0.05, 0.1) is 23.3 Å². The van der Waals surface area contributed by atoms with E-state index in [1.807, 2.05) is 30.3 Å². The monoisotopic (exact) mass is 409 g/mol. The third kappa shape index (κ3) is 3.68. The molecule has 0 aliphatic carbocycles. The van der Waals surface area contributed by atoms with Gasteiger partial charge in [0.25, 0.3) is 0 Å². The highest BCUT2D eigenvalue weighted by atomic mass is 19.4. The van der Waals surface area contributed by atoms with Gasteiger partial charge >= 0.3 is 12.1 Å². The molecule has 3 aromatic carbocycles. The first-order valence-corrected chi connectivity index (χ1v) is 9.44. The molecule has 30 heavy (non-hydrogen) atoms. The predicted octanol–water partition coefficient (Wildman–Crippen LogP) is 6.49. The van der Waals surface area contributed by atoms with E-state index in [0.29, 0.717) is 27.7 Å². The van der Waals surface area contributed by atoms with Gasteiger partial charge in [0, 0.05) is 22.8 Å². The third-order valence-corrected chi connectivity index (χ3v) is 4.85. The van der Waals surface area contributed by atoms with Crippen LogP contribution in [0.1, 0.15) is 22.8 Å². The number of alkyl halides is 3. The van der Waals surface area contributed by atoms with Crippen LogP contribution in [0.4, 0.5) is 13.2 Å². The second-order valence-electron chi connectivity index (χ2n) is 6.78. The van der Waals surface area contributed by atoms with Crippen LogP contribution in [-0.2, 0) is 10.9 Å². The van der Waals surface area contributed by atoms with Crippen LogP contribution >= 0.6 is 0 Å². The molecule has 1 heterocycles. The number of carbonyl (C=O) groups excluding carboxylic acids is 1. The van der Waals surface area contributed by atoms with E-state index in [9.17, 15) is 18.0 Å². The minimum absolute atomic E-state index is 0.258. The summed E-state index contributed by atoms with van der Waals surface area (Å²) in [7, 11) is 0. The first kappa shape index (κ1) is 19.8. The number of ether oxygens (including phenoxy) is 1. The zero-order valence-electron chi connectivity index (χ0n) is 16.1. The normalized spacial score (nSPS) is 11.6. The number of hydrogen-bond donors (Lipinski definition) is 0. The average Bonchev–Trinajstić information content (AvgIpc) is 3.13. The van der Waals surface area contributed by atoms with Crippen molar-refractivity contribution in [2.75, 3.05) is 6.61 Å². The van der Waals surface area contributed by atoms with Gasteiger partial charge in [-0.15, -0.1) is 0 Å². The lowest BCUT2D eigenvalue weighted by Gasteiger charge is -2.09. The number of nitrogens with zero attached hydrogens (tertiary/aromatic N) is 1. The summed E-state index contributed by atoms with van der Waals surface area (Å²) in [6.45, 7) is 1.99. The largest absolute Gasteiger partial charge is 0.462 e. The topological polar surface area (TPSA) is 31.2 Å². The lowest BCUT2D eigenvalue weighted by Crippen LogP contribution is -2.05. The maximum atomic E-state index is 13.3. The standard InChI is InChI=1S/C24H18F3NO2/c1-2-30-23(29)17-9-6-10-19(13-17)28-15-21(16-7-4-3-5-8-16)20-14-18(24(25,26)27)11-12-22(20)28/h3-15H,2H2,1H3. The second-order valence-corrected chi connectivity index (χ2v) is 6.78. The van der Waals surface area contributed by atoms with E-state index in [4.69, 9.17) is 4.74 Å². The predicted molar refractivity (Wildman–Crippen MR) is 110 cm³/mol. The summed E-state index contributed by atoms with van der Waals surface area (Å²) in [5, 5.41) is 0.484. The molecule has 0 aliphatic rings. The van der Waals surface area contributed by atoms with Crippen LogP contribution in [0.3, 0.4) is 0 Å². The molecule has 6 heteroatoms. The van der Waals surface area contributed by atoms with Crippen LogP contribution < -0.4 is 0 Å². The van der Waals surface area contributed by atoms with Gasteiger partial charge in [-0.2, -0.15) is 13.2 Å². The number of fused-ring (bicyclic) bond motifs is 1. The minimum Gasteiger partial charge on any atom is -0.462 e. The van der Waals surface area contributed by atoms with Gasteiger partial charge in [-0.3, -0.25) is 0 Å². The zero-order valence-corrected chi connectivity index (χ0v) is 16.1. The summed E-state index contributed by atoms with van der Waals surface area (Å²) in [6, 6.07) is 19.8. The Balaban J connectivity index is 1.93. The molecule has 0 bridgehead atoms. The smallest absolute Gasteiger partial charge is 0.416 e. The number of benzene rings is 3. The highest BCUT2D eigenvalue weighted by Crippen LogP contribution is 2.37. The Kier molecular flexibility index (Phi) is 5.08. The molecule has 0 spiro atoms. The molecule has 0 N–H and O–H groups in total.